The number of esters is 1. The Bertz CT molecular complexity index is 552. The van der Waals surface area contributed by atoms with Crippen molar-refractivity contribution in [1.29, 1.82) is 0 Å². The van der Waals surface area contributed by atoms with Crippen LogP contribution in [0.5, 0.6) is 0 Å². The zero-order valence-electron chi connectivity index (χ0n) is 21.3. The second kappa shape index (κ2) is 12.9. The number of ether oxygens (including phenoxy) is 5. The van der Waals surface area contributed by atoms with Gasteiger partial charge in [-0.05, 0) is 25.2 Å². The lowest BCUT2D eigenvalue weighted by Crippen LogP contribution is -2.47. The van der Waals surface area contributed by atoms with E-state index in [1.807, 2.05) is 13.8 Å². The van der Waals surface area contributed by atoms with Gasteiger partial charge in [0, 0.05) is 46.2 Å². The third kappa shape index (κ3) is 6.53. The molecule has 1 aliphatic rings. The van der Waals surface area contributed by atoms with Crippen molar-refractivity contribution in [2.24, 2.45) is 35.5 Å². The number of carbonyl (C=O) groups excluding carboxylic acids is 1. The predicted octanol–water partition coefficient (Wildman–Crippen LogP) is 4.36. The van der Waals surface area contributed by atoms with Crippen LogP contribution >= 0.6 is 0 Å². The molecule has 0 aromatic rings. The van der Waals surface area contributed by atoms with Crippen LogP contribution in [0.1, 0.15) is 48.0 Å². The molecule has 0 spiro atoms. The van der Waals surface area contributed by atoms with Gasteiger partial charge in [0.25, 0.3) is 0 Å². The zero-order valence-corrected chi connectivity index (χ0v) is 21.3. The molecule has 31 heavy (non-hydrogen) atoms. The molecule has 1 saturated heterocycles. The van der Waals surface area contributed by atoms with E-state index in [0.29, 0.717) is 0 Å². The molecule has 0 N–H and O–H groups in total. The summed E-state index contributed by atoms with van der Waals surface area (Å²) in [4.78, 5) is 13.1. The molecular formula is C25H46O6. The van der Waals surface area contributed by atoms with Gasteiger partial charge in [-0.1, -0.05) is 47.3 Å². The number of rotatable bonds is 5. The Hall–Kier alpha value is -0.950. The second-order valence-electron chi connectivity index (χ2n) is 9.49. The summed E-state index contributed by atoms with van der Waals surface area (Å²) in [5.74, 6) is -0.173. The van der Waals surface area contributed by atoms with Gasteiger partial charge in [0.05, 0.1) is 30.3 Å². The number of carbonyl (C=O) groups is 1. The van der Waals surface area contributed by atoms with Crippen LogP contribution in [0.4, 0.5) is 0 Å². The highest BCUT2D eigenvalue weighted by molar-refractivity contribution is 5.73. The molecule has 0 radical (unpaired) electrons. The maximum Gasteiger partial charge on any atom is 0.311 e. The van der Waals surface area contributed by atoms with E-state index < -0.39 is 12.0 Å². The smallest absolute Gasteiger partial charge is 0.311 e. The van der Waals surface area contributed by atoms with Crippen molar-refractivity contribution < 1.29 is 28.5 Å². The number of methoxy groups -OCH3 is 4. The molecular weight excluding hydrogens is 396 g/mol. The van der Waals surface area contributed by atoms with Crippen molar-refractivity contribution in [3.63, 3.8) is 0 Å². The van der Waals surface area contributed by atoms with Crippen molar-refractivity contribution >= 4 is 5.97 Å². The first-order valence-corrected chi connectivity index (χ1v) is 11.5. The van der Waals surface area contributed by atoms with E-state index >= 15 is 0 Å². The minimum atomic E-state index is -0.469. The van der Waals surface area contributed by atoms with E-state index in [1.54, 1.807) is 34.5 Å². The molecule has 0 aromatic heterocycles. The number of cyclic esters (lactones) is 1. The van der Waals surface area contributed by atoms with Crippen LogP contribution in [0.25, 0.3) is 0 Å². The summed E-state index contributed by atoms with van der Waals surface area (Å²) < 4.78 is 29.5. The van der Waals surface area contributed by atoms with Crippen LogP contribution in [0.15, 0.2) is 12.7 Å². The SMILES string of the molecule is C=C[C@H]1OC(=O)[C@H](C)[C@@H](OC)[C@H](C)C(OC)[C@@H](C)C[C@@H](C)C(OC)[C@@H](C)C(OC)[C@@H]1C. The van der Waals surface area contributed by atoms with Crippen molar-refractivity contribution in [2.45, 2.75) is 78.5 Å². The Labute approximate surface area is 190 Å². The fraction of sp³-hybridized carbons (Fsp3) is 0.880. The van der Waals surface area contributed by atoms with Crippen molar-refractivity contribution in [3.8, 4) is 0 Å². The standard InChI is InChI=1S/C25H46O6/c1-12-20-16(4)23(29-10)17(5)21(27-8)14(2)13-15(3)22(28-9)18(6)24(30-11)19(7)25(26)31-20/h12,14-24H,1,13H2,2-11H3/t14-,15+,16-,17-,18-,19-,20-,21?,22?,23?,24+/m1/s1. The van der Waals surface area contributed by atoms with Gasteiger partial charge >= 0.3 is 5.97 Å². The molecule has 1 heterocycles. The third-order valence-corrected chi connectivity index (χ3v) is 7.41. The van der Waals surface area contributed by atoms with Gasteiger partial charge in [-0.15, -0.1) is 0 Å². The summed E-state index contributed by atoms with van der Waals surface area (Å²) in [6.45, 7) is 16.5. The van der Waals surface area contributed by atoms with Crippen molar-refractivity contribution in [1.82, 2.24) is 0 Å². The van der Waals surface area contributed by atoms with Crippen LogP contribution in [-0.2, 0) is 28.5 Å². The van der Waals surface area contributed by atoms with E-state index in [9.17, 15) is 4.79 Å². The number of hydrogen-bond donors (Lipinski definition) is 0. The molecule has 3 unspecified atom stereocenters. The third-order valence-electron chi connectivity index (χ3n) is 7.41. The molecule has 6 nitrogen and oxygen atoms in total. The Morgan fingerprint density at radius 2 is 1.16 bits per heavy atom. The highest BCUT2D eigenvalue weighted by Crippen LogP contribution is 2.35. The topological polar surface area (TPSA) is 63.2 Å². The second-order valence-corrected chi connectivity index (χ2v) is 9.49. The Kier molecular flexibility index (Phi) is 11.7. The molecule has 0 bridgehead atoms. The highest BCUT2D eigenvalue weighted by Gasteiger charge is 2.42. The van der Waals surface area contributed by atoms with Gasteiger partial charge in [0.15, 0.2) is 0 Å². The van der Waals surface area contributed by atoms with Crippen LogP contribution in [0.2, 0.25) is 0 Å². The lowest BCUT2D eigenvalue weighted by molar-refractivity contribution is -0.167. The van der Waals surface area contributed by atoms with Gasteiger partial charge in [-0.25, -0.2) is 0 Å². The lowest BCUT2D eigenvalue weighted by Gasteiger charge is -2.41. The zero-order chi connectivity index (χ0) is 23.9. The molecule has 1 aliphatic heterocycles. The van der Waals surface area contributed by atoms with Crippen molar-refractivity contribution in [3.05, 3.63) is 12.7 Å². The van der Waals surface area contributed by atoms with Gasteiger partial charge in [0.1, 0.15) is 6.10 Å². The first-order valence-electron chi connectivity index (χ1n) is 11.5. The normalized spacial score (nSPS) is 43.7. The summed E-state index contributed by atoms with van der Waals surface area (Å²) in [5, 5.41) is 0. The average molecular weight is 443 g/mol. The quantitative estimate of drug-likeness (QED) is 0.466. The van der Waals surface area contributed by atoms with Crippen LogP contribution in [-0.4, -0.2) is 64.9 Å². The van der Waals surface area contributed by atoms with Crippen molar-refractivity contribution in [2.75, 3.05) is 28.4 Å². The van der Waals surface area contributed by atoms with E-state index in [1.165, 1.54) is 0 Å². The van der Waals surface area contributed by atoms with E-state index in [4.69, 9.17) is 23.7 Å². The van der Waals surface area contributed by atoms with E-state index in [0.717, 1.165) is 6.42 Å². The molecule has 182 valence electrons. The van der Waals surface area contributed by atoms with Crippen LogP contribution in [0, 0.1) is 35.5 Å². The first-order chi connectivity index (χ1) is 14.6. The molecule has 0 saturated carbocycles. The molecule has 1 fully saturated rings. The van der Waals surface area contributed by atoms with Gasteiger partial charge in [-0.3, -0.25) is 4.79 Å². The van der Waals surface area contributed by atoms with Crippen LogP contribution < -0.4 is 0 Å². The van der Waals surface area contributed by atoms with Crippen LogP contribution in [0.3, 0.4) is 0 Å². The molecule has 0 aliphatic carbocycles. The molecule has 1 rings (SSSR count). The molecule has 0 aromatic carbocycles. The fourth-order valence-corrected chi connectivity index (χ4v) is 5.87. The Morgan fingerprint density at radius 3 is 1.55 bits per heavy atom. The fourth-order valence-electron chi connectivity index (χ4n) is 5.87. The maximum absolute atomic E-state index is 13.1. The first kappa shape index (κ1) is 28.1. The largest absolute Gasteiger partial charge is 0.457 e. The minimum absolute atomic E-state index is 0.00689. The summed E-state index contributed by atoms with van der Waals surface area (Å²) in [5.41, 5.74) is 0. The van der Waals surface area contributed by atoms with Gasteiger partial charge < -0.3 is 23.7 Å². The highest BCUT2D eigenvalue weighted by atomic mass is 16.6. The monoisotopic (exact) mass is 442 g/mol. The van der Waals surface area contributed by atoms with E-state index in [-0.39, 0.29) is 60.0 Å². The van der Waals surface area contributed by atoms with E-state index in [2.05, 4.69) is 34.3 Å². The average Bonchev–Trinajstić information content (AvgIpc) is 2.72. The minimum Gasteiger partial charge on any atom is -0.457 e. The Balaban J connectivity index is 3.44. The molecule has 6 heteroatoms. The number of hydrogen-bond acceptors (Lipinski definition) is 6. The molecule has 11 atom stereocenters. The summed E-state index contributed by atoms with van der Waals surface area (Å²) in [6, 6.07) is 0. The summed E-state index contributed by atoms with van der Waals surface area (Å²) >= 11 is 0. The maximum atomic E-state index is 13.1. The molecule has 0 amide bonds. The van der Waals surface area contributed by atoms with Gasteiger partial charge in [-0.2, -0.15) is 0 Å². The summed E-state index contributed by atoms with van der Waals surface area (Å²) in [7, 11) is 6.83. The Morgan fingerprint density at radius 1 is 0.742 bits per heavy atom. The van der Waals surface area contributed by atoms with Gasteiger partial charge in [0.2, 0.25) is 0 Å². The lowest BCUT2D eigenvalue weighted by atomic mass is 9.76. The summed E-state index contributed by atoms with van der Waals surface area (Å²) in [6.07, 6.45) is 1.59. The predicted molar refractivity (Wildman–Crippen MR) is 123 cm³/mol.